The van der Waals surface area contributed by atoms with Crippen molar-refractivity contribution in [3.8, 4) is 0 Å². The molecular formula is C11H15ClN2O. The molecular weight excluding hydrogens is 212 g/mol. The van der Waals surface area contributed by atoms with E-state index in [1.165, 1.54) is 6.20 Å². The Bertz CT molecular complexity index is 366. The van der Waals surface area contributed by atoms with Crippen molar-refractivity contribution in [2.24, 2.45) is 0 Å². The lowest BCUT2D eigenvalue weighted by Crippen LogP contribution is -2.32. The van der Waals surface area contributed by atoms with Gasteiger partial charge in [0, 0.05) is 17.9 Å². The Kier molecular flexibility index (Phi) is 4.09. The van der Waals surface area contributed by atoms with Crippen molar-refractivity contribution in [3.05, 3.63) is 28.5 Å². The van der Waals surface area contributed by atoms with Crippen LogP contribution in [-0.4, -0.2) is 16.9 Å². The van der Waals surface area contributed by atoms with Crippen molar-refractivity contribution in [1.82, 2.24) is 10.3 Å². The van der Waals surface area contributed by atoms with E-state index in [0.717, 1.165) is 12.1 Å². The summed E-state index contributed by atoms with van der Waals surface area (Å²) in [7, 11) is 0. The highest BCUT2D eigenvalue weighted by Crippen LogP contribution is 2.15. The third kappa shape index (κ3) is 3.20. The summed E-state index contributed by atoms with van der Waals surface area (Å²) < 4.78 is 0. The van der Waals surface area contributed by atoms with Crippen molar-refractivity contribution in [3.63, 3.8) is 0 Å². The predicted molar refractivity (Wildman–Crippen MR) is 61.2 cm³/mol. The highest BCUT2D eigenvalue weighted by molar-refractivity contribution is 6.33. The first-order valence-corrected chi connectivity index (χ1v) is 5.35. The summed E-state index contributed by atoms with van der Waals surface area (Å²) in [5, 5.41) is 3.29. The van der Waals surface area contributed by atoms with Gasteiger partial charge < -0.3 is 5.32 Å². The minimum absolute atomic E-state index is 0.148. The van der Waals surface area contributed by atoms with E-state index in [1.54, 1.807) is 6.07 Å². The average molecular weight is 227 g/mol. The van der Waals surface area contributed by atoms with E-state index in [0.29, 0.717) is 10.6 Å². The van der Waals surface area contributed by atoms with Crippen LogP contribution < -0.4 is 5.32 Å². The number of carbonyl (C=O) groups excluding carboxylic acids is 1. The molecule has 82 valence electrons. The average Bonchev–Trinajstić information content (AvgIpc) is 2.17. The maximum atomic E-state index is 11.7. The second kappa shape index (κ2) is 5.12. The topological polar surface area (TPSA) is 42.0 Å². The van der Waals surface area contributed by atoms with Crippen LogP contribution in [0.2, 0.25) is 5.02 Å². The first-order valence-electron chi connectivity index (χ1n) is 4.97. The second-order valence-corrected chi connectivity index (χ2v) is 4.00. The summed E-state index contributed by atoms with van der Waals surface area (Å²) >= 11 is 5.95. The zero-order valence-electron chi connectivity index (χ0n) is 9.17. The molecule has 0 aromatic carbocycles. The van der Waals surface area contributed by atoms with Crippen LogP contribution in [0.15, 0.2) is 12.3 Å². The molecule has 4 heteroatoms. The van der Waals surface area contributed by atoms with Gasteiger partial charge in [-0.15, -0.1) is 0 Å². The van der Waals surface area contributed by atoms with Crippen LogP contribution >= 0.6 is 11.6 Å². The summed E-state index contributed by atoms with van der Waals surface area (Å²) in [6.45, 7) is 5.80. The van der Waals surface area contributed by atoms with E-state index in [4.69, 9.17) is 11.6 Å². The van der Waals surface area contributed by atoms with Gasteiger partial charge in [0.25, 0.3) is 5.91 Å². The van der Waals surface area contributed by atoms with Crippen LogP contribution in [-0.2, 0) is 0 Å². The number of amides is 1. The van der Waals surface area contributed by atoms with E-state index in [2.05, 4.69) is 10.3 Å². The summed E-state index contributed by atoms with van der Waals surface area (Å²) in [4.78, 5) is 15.8. The molecule has 0 fully saturated rings. The Labute approximate surface area is 94.9 Å². The maximum Gasteiger partial charge on any atom is 0.254 e. The van der Waals surface area contributed by atoms with Crippen LogP contribution in [0.4, 0.5) is 0 Å². The lowest BCUT2D eigenvalue weighted by atomic mass is 10.2. The summed E-state index contributed by atoms with van der Waals surface area (Å²) in [6.07, 6.45) is 2.40. The molecule has 1 atom stereocenters. The number of hydrogen-bond acceptors (Lipinski definition) is 2. The van der Waals surface area contributed by atoms with Crippen LogP contribution in [0.1, 0.15) is 36.3 Å². The third-order valence-corrected chi connectivity index (χ3v) is 2.54. The molecule has 0 aliphatic heterocycles. The van der Waals surface area contributed by atoms with Crippen molar-refractivity contribution in [2.45, 2.75) is 33.2 Å². The van der Waals surface area contributed by atoms with E-state index in [-0.39, 0.29) is 11.9 Å². The van der Waals surface area contributed by atoms with Crippen LogP contribution in [0.25, 0.3) is 0 Å². The van der Waals surface area contributed by atoms with Crippen LogP contribution in [0, 0.1) is 6.92 Å². The Balaban J connectivity index is 2.82. The molecule has 1 amide bonds. The van der Waals surface area contributed by atoms with Crippen LogP contribution in [0.3, 0.4) is 0 Å². The number of nitrogens with one attached hydrogen (secondary N) is 1. The largest absolute Gasteiger partial charge is 0.350 e. The van der Waals surface area contributed by atoms with Gasteiger partial charge in [0.15, 0.2) is 0 Å². The number of nitrogens with zero attached hydrogens (tertiary/aromatic N) is 1. The Morgan fingerprint density at radius 3 is 2.87 bits per heavy atom. The minimum atomic E-state index is -0.165. The molecule has 0 saturated heterocycles. The van der Waals surface area contributed by atoms with Gasteiger partial charge in [-0.1, -0.05) is 18.5 Å². The Hall–Kier alpha value is -1.09. The van der Waals surface area contributed by atoms with Crippen molar-refractivity contribution >= 4 is 17.5 Å². The van der Waals surface area contributed by atoms with Crippen molar-refractivity contribution in [2.75, 3.05) is 0 Å². The normalized spacial score (nSPS) is 12.3. The molecule has 0 saturated carbocycles. The molecule has 1 unspecified atom stereocenters. The van der Waals surface area contributed by atoms with E-state index >= 15 is 0 Å². The molecule has 0 bridgehead atoms. The SMILES string of the molecule is CCC(C)NC(=O)c1cnc(C)cc1Cl. The fourth-order valence-electron chi connectivity index (χ4n) is 1.10. The smallest absolute Gasteiger partial charge is 0.254 e. The van der Waals surface area contributed by atoms with Gasteiger partial charge in [0.2, 0.25) is 0 Å². The Morgan fingerprint density at radius 2 is 2.33 bits per heavy atom. The number of rotatable bonds is 3. The van der Waals surface area contributed by atoms with Gasteiger partial charge in [-0.25, -0.2) is 0 Å². The van der Waals surface area contributed by atoms with Gasteiger partial charge in [0.1, 0.15) is 0 Å². The van der Waals surface area contributed by atoms with Crippen molar-refractivity contribution in [1.29, 1.82) is 0 Å². The van der Waals surface area contributed by atoms with Gasteiger partial charge >= 0.3 is 0 Å². The third-order valence-electron chi connectivity index (χ3n) is 2.22. The first-order chi connectivity index (χ1) is 7.04. The fraction of sp³-hybridized carbons (Fsp3) is 0.455. The zero-order valence-corrected chi connectivity index (χ0v) is 9.93. The summed E-state index contributed by atoms with van der Waals surface area (Å²) in [5.41, 5.74) is 1.24. The van der Waals surface area contributed by atoms with E-state index < -0.39 is 0 Å². The fourth-order valence-corrected chi connectivity index (χ4v) is 1.39. The summed E-state index contributed by atoms with van der Waals surface area (Å²) in [5.74, 6) is -0.165. The molecule has 0 aliphatic carbocycles. The molecule has 1 rings (SSSR count). The monoisotopic (exact) mass is 226 g/mol. The molecule has 0 radical (unpaired) electrons. The highest BCUT2D eigenvalue weighted by Gasteiger charge is 2.12. The maximum absolute atomic E-state index is 11.7. The molecule has 15 heavy (non-hydrogen) atoms. The molecule has 1 N–H and O–H groups in total. The Morgan fingerprint density at radius 1 is 1.67 bits per heavy atom. The van der Waals surface area contributed by atoms with Crippen LogP contribution in [0.5, 0.6) is 0 Å². The number of pyridine rings is 1. The predicted octanol–water partition coefficient (Wildman–Crippen LogP) is 2.57. The number of aryl methyl sites for hydroxylation is 1. The molecule has 1 heterocycles. The molecule has 0 aliphatic rings. The zero-order chi connectivity index (χ0) is 11.4. The van der Waals surface area contributed by atoms with Crippen molar-refractivity contribution < 1.29 is 4.79 Å². The lowest BCUT2D eigenvalue weighted by Gasteiger charge is -2.11. The summed E-state index contributed by atoms with van der Waals surface area (Å²) in [6, 6.07) is 1.84. The van der Waals surface area contributed by atoms with E-state index in [1.807, 2.05) is 20.8 Å². The molecule has 1 aromatic heterocycles. The molecule has 1 aromatic rings. The molecule has 3 nitrogen and oxygen atoms in total. The quantitative estimate of drug-likeness (QED) is 0.861. The standard InChI is InChI=1S/C11H15ClN2O/c1-4-7(2)14-11(15)9-6-13-8(3)5-10(9)12/h5-7H,4H2,1-3H3,(H,14,15). The number of aromatic nitrogens is 1. The number of halogens is 1. The van der Waals surface area contributed by atoms with Gasteiger partial charge in [-0.2, -0.15) is 0 Å². The molecule has 0 spiro atoms. The van der Waals surface area contributed by atoms with Gasteiger partial charge in [0.05, 0.1) is 10.6 Å². The van der Waals surface area contributed by atoms with E-state index in [9.17, 15) is 4.79 Å². The highest BCUT2D eigenvalue weighted by atomic mass is 35.5. The first kappa shape index (κ1) is 12.0. The number of hydrogen-bond donors (Lipinski definition) is 1. The minimum Gasteiger partial charge on any atom is -0.350 e. The second-order valence-electron chi connectivity index (χ2n) is 3.59. The number of carbonyl (C=O) groups is 1. The van der Waals surface area contributed by atoms with Gasteiger partial charge in [-0.3, -0.25) is 9.78 Å². The van der Waals surface area contributed by atoms with Gasteiger partial charge in [-0.05, 0) is 26.3 Å². The lowest BCUT2D eigenvalue weighted by molar-refractivity contribution is 0.0939.